The topological polar surface area (TPSA) is 101 Å². The number of hydrogen-bond acceptors (Lipinski definition) is 4. The van der Waals surface area contributed by atoms with E-state index in [1.807, 2.05) is 6.92 Å². The van der Waals surface area contributed by atoms with Gasteiger partial charge in [-0.3, -0.25) is 4.79 Å². The van der Waals surface area contributed by atoms with Crippen LogP contribution >= 0.6 is 0 Å². The van der Waals surface area contributed by atoms with Crippen LogP contribution in [0.3, 0.4) is 0 Å². The van der Waals surface area contributed by atoms with E-state index in [0.29, 0.717) is 26.1 Å². The lowest BCUT2D eigenvalue weighted by Gasteiger charge is -2.09. The molecule has 0 saturated heterocycles. The average Bonchev–Trinajstić information content (AvgIpc) is 2.59. The maximum Gasteiger partial charge on any atom is 0.332 e. The molecule has 0 atom stereocenters. The van der Waals surface area contributed by atoms with Gasteiger partial charge in [-0.15, -0.1) is 0 Å². The summed E-state index contributed by atoms with van der Waals surface area (Å²) in [5.74, 6) is -2.81. The molecular formula is C20H34O6. The van der Waals surface area contributed by atoms with Gasteiger partial charge in [0.25, 0.3) is 0 Å². The Balaban J connectivity index is 4.61. The number of carboxylic acid groups (broad SMARTS) is 2. The smallest absolute Gasteiger partial charge is 0.332 e. The van der Waals surface area contributed by atoms with E-state index in [0.717, 1.165) is 38.5 Å². The molecule has 0 unspecified atom stereocenters. The second-order valence-electron chi connectivity index (χ2n) is 6.52. The van der Waals surface area contributed by atoms with Crippen LogP contribution in [0, 0.1) is 0 Å². The number of carbonyl (C=O) groups excluding carboxylic acids is 1. The highest BCUT2D eigenvalue weighted by Crippen LogP contribution is 2.18. The minimum Gasteiger partial charge on any atom is -0.478 e. The number of unbranched alkanes of at least 4 members (excludes halogenated alkanes) is 5. The van der Waals surface area contributed by atoms with E-state index in [4.69, 9.17) is 4.74 Å². The summed E-state index contributed by atoms with van der Waals surface area (Å²) in [6.45, 7) is 5.08. The van der Waals surface area contributed by atoms with Crippen LogP contribution in [-0.4, -0.2) is 41.1 Å². The molecule has 0 heterocycles. The summed E-state index contributed by atoms with van der Waals surface area (Å²) in [6, 6.07) is 0. The Kier molecular flexibility index (Phi) is 14.5. The Morgan fingerprint density at radius 3 is 1.88 bits per heavy atom. The molecule has 0 rings (SSSR count). The van der Waals surface area contributed by atoms with Gasteiger partial charge in [0.15, 0.2) is 0 Å². The van der Waals surface area contributed by atoms with Crippen molar-refractivity contribution in [2.75, 3.05) is 13.2 Å². The fraction of sp³-hybridized carbons (Fsp3) is 0.750. The van der Waals surface area contributed by atoms with E-state index < -0.39 is 11.9 Å². The first-order valence-electron chi connectivity index (χ1n) is 9.72. The summed E-state index contributed by atoms with van der Waals surface area (Å²) >= 11 is 0. The predicted octanol–water partition coefficient (Wildman–Crippen LogP) is 4.37. The van der Waals surface area contributed by atoms with Gasteiger partial charge in [-0.25, -0.2) is 9.59 Å². The molecular weight excluding hydrogens is 336 g/mol. The zero-order valence-corrected chi connectivity index (χ0v) is 16.2. The minimum atomic E-state index is -1.33. The van der Waals surface area contributed by atoms with Crippen molar-refractivity contribution in [2.24, 2.45) is 0 Å². The molecule has 0 amide bonds. The zero-order chi connectivity index (χ0) is 19.8. The van der Waals surface area contributed by atoms with Crippen molar-refractivity contribution in [2.45, 2.75) is 84.5 Å². The quantitative estimate of drug-likeness (QED) is 0.291. The number of hydrogen-bond donors (Lipinski definition) is 2. The van der Waals surface area contributed by atoms with Crippen molar-refractivity contribution >= 4 is 17.7 Å². The third-order valence-electron chi connectivity index (χ3n) is 4.13. The fourth-order valence-corrected chi connectivity index (χ4v) is 2.68. The Hall–Kier alpha value is -1.69. The SMILES string of the molecule is CCCCCCCCC(=O)CC(C(=O)O)=C(CCCOCCC)C(=O)O. The van der Waals surface area contributed by atoms with Crippen LogP contribution in [0.1, 0.15) is 84.5 Å². The number of rotatable bonds is 17. The second kappa shape index (κ2) is 15.6. The van der Waals surface area contributed by atoms with E-state index >= 15 is 0 Å². The molecule has 0 spiro atoms. The van der Waals surface area contributed by atoms with Crippen molar-refractivity contribution < 1.29 is 29.3 Å². The molecule has 0 aromatic heterocycles. The monoisotopic (exact) mass is 370 g/mol. The predicted molar refractivity (Wildman–Crippen MR) is 100 cm³/mol. The molecule has 0 aliphatic heterocycles. The molecule has 150 valence electrons. The molecule has 0 radical (unpaired) electrons. The summed E-state index contributed by atoms with van der Waals surface area (Å²) in [6.07, 6.45) is 7.59. The number of Topliss-reactive ketones (excluding diaryl/α,β-unsaturated/α-hetero) is 1. The van der Waals surface area contributed by atoms with Crippen molar-refractivity contribution in [1.29, 1.82) is 0 Å². The zero-order valence-electron chi connectivity index (χ0n) is 16.2. The van der Waals surface area contributed by atoms with Crippen LogP contribution in [0.2, 0.25) is 0 Å². The van der Waals surface area contributed by atoms with Crippen LogP contribution in [0.15, 0.2) is 11.1 Å². The highest BCUT2D eigenvalue weighted by atomic mass is 16.5. The van der Waals surface area contributed by atoms with Crippen LogP contribution in [-0.2, 0) is 19.1 Å². The number of ether oxygens (including phenoxy) is 1. The van der Waals surface area contributed by atoms with Gasteiger partial charge in [0, 0.05) is 31.6 Å². The van der Waals surface area contributed by atoms with E-state index in [1.165, 1.54) is 6.42 Å². The summed E-state index contributed by atoms with van der Waals surface area (Å²) in [7, 11) is 0. The molecule has 0 aliphatic carbocycles. The minimum absolute atomic E-state index is 0.0883. The van der Waals surface area contributed by atoms with Crippen molar-refractivity contribution in [1.82, 2.24) is 0 Å². The van der Waals surface area contributed by atoms with Gasteiger partial charge in [-0.2, -0.15) is 0 Å². The molecule has 0 bridgehead atoms. The molecule has 0 aromatic rings. The molecule has 6 heteroatoms. The van der Waals surface area contributed by atoms with Gasteiger partial charge in [-0.05, 0) is 25.7 Å². The van der Waals surface area contributed by atoms with Crippen molar-refractivity contribution in [3.63, 3.8) is 0 Å². The summed E-state index contributed by atoms with van der Waals surface area (Å²) in [5, 5.41) is 18.7. The first-order valence-corrected chi connectivity index (χ1v) is 9.72. The van der Waals surface area contributed by atoms with Gasteiger partial charge < -0.3 is 14.9 Å². The summed E-state index contributed by atoms with van der Waals surface area (Å²) < 4.78 is 5.30. The first-order chi connectivity index (χ1) is 12.4. The van der Waals surface area contributed by atoms with Crippen LogP contribution in [0.4, 0.5) is 0 Å². The number of ketones is 1. The fourth-order valence-electron chi connectivity index (χ4n) is 2.68. The lowest BCUT2D eigenvalue weighted by Crippen LogP contribution is -2.15. The van der Waals surface area contributed by atoms with Gasteiger partial charge in [0.2, 0.25) is 0 Å². The third kappa shape index (κ3) is 11.8. The third-order valence-corrected chi connectivity index (χ3v) is 4.13. The number of aliphatic carboxylic acids is 2. The maximum absolute atomic E-state index is 12.1. The standard InChI is InChI=1S/C20H34O6/c1-3-5-6-7-8-9-11-16(21)15-18(20(24)25)17(19(22)23)12-10-14-26-13-4-2/h3-15H2,1-2H3,(H,22,23)(H,24,25). The summed E-state index contributed by atoms with van der Waals surface area (Å²) in [4.78, 5) is 35.0. The normalized spacial score (nSPS) is 11.9. The molecule has 0 aliphatic rings. The average molecular weight is 370 g/mol. The van der Waals surface area contributed by atoms with E-state index in [9.17, 15) is 24.6 Å². The number of carbonyl (C=O) groups is 3. The van der Waals surface area contributed by atoms with Gasteiger partial charge in [0.1, 0.15) is 5.78 Å². The Bertz CT molecular complexity index is 467. The molecule has 0 fully saturated rings. The van der Waals surface area contributed by atoms with E-state index in [-0.39, 0.29) is 29.8 Å². The van der Waals surface area contributed by atoms with Gasteiger partial charge in [-0.1, -0.05) is 46.0 Å². The first kappa shape index (κ1) is 24.3. The molecule has 0 saturated carbocycles. The maximum atomic E-state index is 12.1. The molecule has 26 heavy (non-hydrogen) atoms. The Morgan fingerprint density at radius 1 is 0.692 bits per heavy atom. The van der Waals surface area contributed by atoms with E-state index in [1.54, 1.807) is 0 Å². The highest BCUT2D eigenvalue weighted by molar-refractivity contribution is 6.02. The molecule has 6 nitrogen and oxygen atoms in total. The van der Waals surface area contributed by atoms with Gasteiger partial charge >= 0.3 is 11.9 Å². The molecule has 0 aromatic carbocycles. The van der Waals surface area contributed by atoms with Gasteiger partial charge in [0.05, 0.1) is 5.57 Å². The lowest BCUT2D eigenvalue weighted by molar-refractivity contribution is -0.136. The number of carboxylic acids is 2. The Morgan fingerprint density at radius 2 is 1.31 bits per heavy atom. The van der Waals surface area contributed by atoms with Crippen LogP contribution in [0.5, 0.6) is 0 Å². The second-order valence-corrected chi connectivity index (χ2v) is 6.52. The summed E-state index contributed by atoms with van der Waals surface area (Å²) in [5.41, 5.74) is -0.474. The lowest BCUT2D eigenvalue weighted by atomic mass is 9.97. The largest absolute Gasteiger partial charge is 0.478 e. The molecule has 2 N–H and O–H groups in total. The van der Waals surface area contributed by atoms with Crippen molar-refractivity contribution in [3.8, 4) is 0 Å². The van der Waals surface area contributed by atoms with E-state index in [2.05, 4.69) is 6.92 Å². The van der Waals surface area contributed by atoms with Crippen LogP contribution < -0.4 is 0 Å². The highest BCUT2D eigenvalue weighted by Gasteiger charge is 2.22. The van der Waals surface area contributed by atoms with Crippen molar-refractivity contribution in [3.05, 3.63) is 11.1 Å². The van der Waals surface area contributed by atoms with Crippen LogP contribution in [0.25, 0.3) is 0 Å². The Labute approximate surface area is 156 Å².